The summed E-state index contributed by atoms with van der Waals surface area (Å²) in [5.41, 5.74) is 6.17. The molecular weight excluding hydrogens is 360 g/mol. The van der Waals surface area contributed by atoms with E-state index in [0.717, 1.165) is 31.3 Å². The van der Waals surface area contributed by atoms with Crippen molar-refractivity contribution in [2.75, 3.05) is 20.1 Å². The molecule has 1 saturated heterocycles. The van der Waals surface area contributed by atoms with Crippen molar-refractivity contribution in [3.63, 3.8) is 0 Å². The molecule has 2 N–H and O–H groups in total. The molecule has 1 aliphatic heterocycles. The summed E-state index contributed by atoms with van der Waals surface area (Å²) < 4.78 is 1.93. The highest BCUT2D eigenvalue weighted by Gasteiger charge is 2.11. The SMILES string of the molecule is CN=C(NCc1cccc(CN2CCCCCC2)c1)NCc1c(C)nn(C)c1C. The van der Waals surface area contributed by atoms with Crippen LogP contribution in [0.4, 0.5) is 0 Å². The van der Waals surface area contributed by atoms with E-state index >= 15 is 0 Å². The van der Waals surface area contributed by atoms with Crippen molar-refractivity contribution >= 4 is 5.96 Å². The number of hydrogen-bond acceptors (Lipinski definition) is 3. The van der Waals surface area contributed by atoms with Crippen molar-refractivity contribution in [3.8, 4) is 0 Å². The minimum Gasteiger partial charge on any atom is -0.352 e. The molecule has 29 heavy (non-hydrogen) atoms. The van der Waals surface area contributed by atoms with Gasteiger partial charge in [-0.15, -0.1) is 0 Å². The van der Waals surface area contributed by atoms with E-state index in [9.17, 15) is 0 Å². The van der Waals surface area contributed by atoms with Gasteiger partial charge >= 0.3 is 0 Å². The summed E-state index contributed by atoms with van der Waals surface area (Å²) >= 11 is 0. The highest BCUT2D eigenvalue weighted by atomic mass is 15.3. The largest absolute Gasteiger partial charge is 0.352 e. The Balaban J connectivity index is 1.52. The highest BCUT2D eigenvalue weighted by molar-refractivity contribution is 5.79. The number of likely N-dealkylation sites (tertiary alicyclic amines) is 1. The second-order valence-corrected chi connectivity index (χ2v) is 8.06. The van der Waals surface area contributed by atoms with Gasteiger partial charge in [-0.05, 0) is 50.9 Å². The third-order valence-corrected chi connectivity index (χ3v) is 5.87. The Hall–Kier alpha value is -2.34. The van der Waals surface area contributed by atoms with Crippen LogP contribution in [-0.2, 0) is 26.7 Å². The van der Waals surface area contributed by atoms with Crippen molar-refractivity contribution in [2.24, 2.45) is 12.0 Å². The van der Waals surface area contributed by atoms with E-state index in [0.29, 0.717) is 0 Å². The minimum atomic E-state index is 0.722. The van der Waals surface area contributed by atoms with Gasteiger partial charge in [0.2, 0.25) is 0 Å². The molecule has 6 nitrogen and oxygen atoms in total. The standard InChI is InChI=1S/C23H36N6/c1-18-22(19(2)28(4)27-18)16-26-23(24-3)25-15-20-10-9-11-21(14-20)17-29-12-7-5-6-8-13-29/h9-11,14H,5-8,12-13,15-17H2,1-4H3,(H2,24,25,26). The molecule has 0 spiro atoms. The summed E-state index contributed by atoms with van der Waals surface area (Å²) in [4.78, 5) is 6.97. The van der Waals surface area contributed by atoms with Gasteiger partial charge in [-0.2, -0.15) is 5.10 Å². The Morgan fingerprint density at radius 2 is 1.72 bits per heavy atom. The maximum atomic E-state index is 4.48. The molecule has 0 bridgehead atoms. The van der Waals surface area contributed by atoms with Gasteiger partial charge in [0, 0.05) is 45.0 Å². The van der Waals surface area contributed by atoms with Crippen molar-refractivity contribution in [1.82, 2.24) is 25.3 Å². The molecule has 0 atom stereocenters. The molecule has 0 saturated carbocycles. The normalized spacial score (nSPS) is 15.9. The quantitative estimate of drug-likeness (QED) is 0.581. The Bertz CT molecular complexity index is 815. The number of aliphatic imine (C=N–C) groups is 1. The zero-order valence-electron chi connectivity index (χ0n) is 18.5. The predicted octanol–water partition coefficient (Wildman–Crippen LogP) is 3.28. The molecule has 3 rings (SSSR count). The Morgan fingerprint density at radius 3 is 2.38 bits per heavy atom. The number of aromatic nitrogens is 2. The van der Waals surface area contributed by atoms with E-state index in [1.165, 1.54) is 61.2 Å². The van der Waals surface area contributed by atoms with Crippen LogP contribution in [0, 0.1) is 13.8 Å². The highest BCUT2D eigenvalue weighted by Crippen LogP contribution is 2.14. The van der Waals surface area contributed by atoms with E-state index in [1.54, 1.807) is 0 Å². The Kier molecular flexibility index (Phi) is 7.69. The van der Waals surface area contributed by atoms with Gasteiger partial charge in [0.15, 0.2) is 5.96 Å². The average molecular weight is 397 g/mol. The van der Waals surface area contributed by atoms with Crippen LogP contribution < -0.4 is 10.6 Å². The first kappa shape index (κ1) is 21.4. The van der Waals surface area contributed by atoms with Gasteiger partial charge < -0.3 is 10.6 Å². The van der Waals surface area contributed by atoms with Gasteiger partial charge in [-0.1, -0.05) is 37.1 Å². The summed E-state index contributed by atoms with van der Waals surface area (Å²) in [6.45, 7) is 9.15. The zero-order valence-corrected chi connectivity index (χ0v) is 18.5. The molecule has 1 aromatic heterocycles. The number of nitrogens with zero attached hydrogens (tertiary/aromatic N) is 4. The number of nitrogens with one attached hydrogen (secondary N) is 2. The van der Waals surface area contributed by atoms with Crippen LogP contribution in [-0.4, -0.2) is 40.8 Å². The Labute approximate surface area is 175 Å². The number of guanidine groups is 1. The summed E-state index contributed by atoms with van der Waals surface area (Å²) in [6, 6.07) is 8.92. The van der Waals surface area contributed by atoms with Crippen molar-refractivity contribution in [3.05, 3.63) is 52.3 Å². The van der Waals surface area contributed by atoms with Crippen LogP contribution in [0.5, 0.6) is 0 Å². The topological polar surface area (TPSA) is 57.5 Å². The first-order chi connectivity index (χ1) is 14.1. The maximum absolute atomic E-state index is 4.48. The second-order valence-electron chi connectivity index (χ2n) is 8.06. The molecule has 2 heterocycles. The molecule has 0 unspecified atom stereocenters. The third-order valence-electron chi connectivity index (χ3n) is 5.87. The van der Waals surface area contributed by atoms with Gasteiger partial charge in [0.05, 0.1) is 5.69 Å². The summed E-state index contributed by atoms with van der Waals surface area (Å²) in [5.74, 6) is 0.811. The number of rotatable bonds is 6. The van der Waals surface area contributed by atoms with E-state index in [2.05, 4.69) is 63.7 Å². The number of benzene rings is 1. The summed E-state index contributed by atoms with van der Waals surface area (Å²) in [6.07, 6.45) is 5.42. The molecule has 2 aromatic rings. The molecule has 1 fully saturated rings. The molecule has 0 amide bonds. The first-order valence-electron chi connectivity index (χ1n) is 10.8. The van der Waals surface area contributed by atoms with E-state index in [4.69, 9.17) is 0 Å². The van der Waals surface area contributed by atoms with Crippen LogP contribution >= 0.6 is 0 Å². The van der Waals surface area contributed by atoms with Crippen LogP contribution in [0.25, 0.3) is 0 Å². The predicted molar refractivity (Wildman–Crippen MR) is 120 cm³/mol. The van der Waals surface area contributed by atoms with Crippen molar-refractivity contribution < 1.29 is 0 Å². The fourth-order valence-corrected chi connectivity index (χ4v) is 4.04. The first-order valence-corrected chi connectivity index (χ1v) is 10.8. The smallest absolute Gasteiger partial charge is 0.191 e. The van der Waals surface area contributed by atoms with E-state index < -0.39 is 0 Å². The molecular formula is C23H36N6. The minimum absolute atomic E-state index is 0.722. The van der Waals surface area contributed by atoms with Gasteiger partial charge in [-0.3, -0.25) is 14.6 Å². The van der Waals surface area contributed by atoms with Crippen LogP contribution in [0.3, 0.4) is 0 Å². The third kappa shape index (κ3) is 6.07. The molecule has 1 aliphatic rings. The fraction of sp³-hybridized carbons (Fsp3) is 0.565. The maximum Gasteiger partial charge on any atom is 0.191 e. The number of hydrogen-bond donors (Lipinski definition) is 2. The molecule has 1 aromatic carbocycles. The lowest BCUT2D eigenvalue weighted by Gasteiger charge is -2.20. The average Bonchev–Trinajstić information content (AvgIpc) is 2.88. The summed E-state index contributed by atoms with van der Waals surface area (Å²) in [7, 11) is 3.80. The lowest BCUT2D eigenvalue weighted by Crippen LogP contribution is -2.36. The van der Waals surface area contributed by atoms with Crippen LogP contribution in [0.2, 0.25) is 0 Å². The zero-order chi connectivity index (χ0) is 20.6. The monoisotopic (exact) mass is 396 g/mol. The van der Waals surface area contributed by atoms with Gasteiger partial charge in [0.25, 0.3) is 0 Å². The number of aryl methyl sites for hydroxylation is 2. The summed E-state index contributed by atoms with van der Waals surface area (Å²) in [5, 5.41) is 11.3. The lowest BCUT2D eigenvalue weighted by atomic mass is 10.1. The van der Waals surface area contributed by atoms with Gasteiger partial charge in [0.1, 0.15) is 0 Å². The molecule has 0 radical (unpaired) electrons. The van der Waals surface area contributed by atoms with Crippen molar-refractivity contribution in [2.45, 2.75) is 59.2 Å². The van der Waals surface area contributed by atoms with Gasteiger partial charge in [-0.25, -0.2) is 0 Å². The molecule has 158 valence electrons. The van der Waals surface area contributed by atoms with E-state index in [-0.39, 0.29) is 0 Å². The molecule has 0 aliphatic carbocycles. The van der Waals surface area contributed by atoms with Crippen molar-refractivity contribution in [1.29, 1.82) is 0 Å². The molecule has 6 heteroatoms. The van der Waals surface area contributed by atoms with Crippen LogP contribution in [0.15, 0.2) is 29.3 Å². The van der Waals surface area contributed by atoms with E-state index in [1.807, 2.05) is 18.8 Å². The fourth-order valence-electron chi connectivity index (χ4n) is 4.04. The lowest BCUT2D eigenvalue weighted by molar-refractivity contribution is 0.277. The van der Waals surface area contributed by atoms with Crippen LogP contribution in [0.1, 0.15) is 53.8 Å². The Morgan fingerprint density at radius 1 is 1.03 bits per heavy atom. The second kappa shape index (κ2) is 10.4.